The van der Waals surface area contributed by atoms with Gasteiger partial charge in [0.1, 0.15) is 5.75 Å². The van der Waals surface area contributed by atoms with Crippen LogP contribution in [0.1, 0.15) is 0 Å². The summed E-state index contributed by atoms with van der Waals surface area (Å²) in [5, 5.41) is 0. The number of methoxy groups -OCH3 is 1. The fourth-order valence-electron chi connectivity index (χ4n) is 0.970. The number of hydrogen-bond donors (Lipinski definition) is 3. The van der Waals surface area contributed by atoms with E-state index in [-0.39, 0.29) is 24.3 Å². The van der Waals surface area contributed by atoms with Crippen LogP contribution in [0.15, 0.2) is 34.3 Å². The van der Waals surface area contributed by atoms with Gasteiger partial charge in [-0.1, -0.05) is 6.07 Å². The molecule has 0 amide bonds. The van der Waals surface area contributed by atoms with Gasteiger partial charge >= 0.3 is 0 Å². The highest BCUT2D eigenvalue weighted by Gasteiger charge is 1.95. The molecule has 0 atom stereocenters. The summed E-state index contributed by atoms with van der Waals surface area (Å²) in [6.07, 6.45) is 0. The van der Waals surface area contributed by atoms with E-state index in [0.717, 1.165) is 0 Å². The van der Waals surface area contributed by atoms with Crippen LogP contribution in [-0.2, 0) is 0 Å². The van der Waals surface area contributed by atoms with Crippen molar-refractivity contribution in [2.45, 2.75) is 0 Å². The molecule has 0 fully saturated rings. The number of ether oxygens (including phenoxy) is 1. The Morgan fingerprint density at radius 3 is 2.50 bits per heavy atom. The van der Waals surface area contributed by atoms with Crippen molar-refractivity contribution in [2.24, 2.45) is 27.2 Å². The number of nitrogens with zero attached hydrogens (tertiary/aromatic N) is 2. The first kappa shape index (κ1) is 14.1. The first-order valence-electron chi connectivity index (χ1n) is 4.19. The second-order valence-corrected chi connectivity index (χ2v) is 2.71. The van der Waals surface area contributed by atoms with E-state index in [1.807, 2.05) is 0 Å². The van der Waals surface area contributed by atoms with Gasteiger partial charge in [0.25, 0.3) is 0 Å². The summed E-state index contributed by atoms with van der Waals surface area (Å²) in [7, 11) is 1.57. The van der Waals surface area contributed by atoms with Gasteiger partial charge in [-0.15, -0.1) is 0 Å². The number of rotatable bonds is 2. The maximum atomic E-state index is 5.46. The lowest BCUT2D eigenvalue weighted by atomic mass is 10.3. The third kappa shape index (κ3) is 4.52. The number of hydrogen-bond acceptors (Lipinski definition) is 2. The van der Waals surface area contributed by atoms with Crippen molar-refractivity contribution in [2.75, 3.05) is 7.11 Å². The predicted octanol–water partition coefficient (Wildman–Crippen LogP) is -3.08. The van der Waals surface area contributed by atoms with Crippen LogP contribution in [0.25, 0.3) is 0 Å². The van der Waals surface area contributed by atoms with Gasteiger partial charge in [-0.25, -0.2) is 4.99 Å². The first-order chi connectivity index (χ1) is 7.11. The van der Waals surface area contributed by atoms with E-state index < -0.39 is 0 Å². The van der Waals surface area contributed by atoms with Gasteiger partial charge in [0.05, 0.1) is 12.8 Å². The molecule has 0 radical (unpaired) electrons. The van der Waals surface area contributed by atoms with Crippen LogP contribution in [0.4, 0.5) is 5.69 Å². The normalized spacial score (nSPS) is 10.2. The van der Waals surface area contributed by atoms with Gasteiger partial charge < -0.3 is 34.3 Å². The minimum atomic E-state index is -0.126. The van der Waals surface area contributed by atoms with Crippen molar-refractivity contribution in [1.29, 1.82) is 0 Å². The van der Waals surface area contributed by atoms with Crippen molar-refractivity contribution in [3.8, 4) is 5.75 Å². The molecule has 0 unspecified atom stereocenters. The second-order valence-electron chi connectivity index (χ2n) is 2.71. The molecule has 0 saturated heterocycles. The highest BCUT2D eigenvalue weighted by atomic mass is 35.5. The summed E-state index contributed by atoms with van der Waals surface area (Å²) in [5.74, 6) is 0.566. The van der Waals surface area contributed by atoms with Gasteiger partial charge in [-0.2, -0.15) is 4.99 Å². The molecule has 16 heavy (non-hydrogen) atoms. The molecule has 0 saturated carbocycles. The Kier molecular flexibility index (Phi) is 5.72. The summed E-state index contributed by atoms with van der Waals surface area (Å²) in [4.78, 5) is 7.56. The Morgan fingerprint density at radius 2 is 1.94 bits per heavy atom. The quantitative estimate of drug-likeness (QED) is 0.377. The van der Waals surface area contributed by atoms with E-state index in [1.54, 1.807) is 31.4 Å². The lowest BCUT2D eigenvalue weighted by molar-refractivity contribution is -0.00000402. The molecule has 6 N–H and O–H groups in total. The number of nitrogens with two attached hydrogens (primary N) is 3. The predicted molar refractivity (Wildman–Crippen MR) is 60.1 cm³/mol. The smallest absolute Gasteiger partial charge is 0.223 e. The Hall–Kier alpha value is -1.95. The van der Waals surface area contributed by atoms with Crippen LogP contribution < -0.4 is 34.3 Å². The zero-order valence-electron chi connectivity index (χ0n) is 8.72. The fraction of sp³-hybridized carbons (Fsp3) is 0.111. The Labute approximate surface area is 99.6 Å². The van der Waals surface area contributed by atoms with Crippen LogP contribution >= 0.6 is 0 Å². The number of benzene rings is 1. The van der Waals surface area contributed by atoms with Crippen molar-refractivity contribution in [1.82, 2.24) is 0 Å². The third-order valence-corrected chi connectivity index (χ3v) is 1.54. The summed E-state index contributed by atoms with van der Waals surface area (Å²) < 4.78 is 5.02. The molecule has 1 rings (SSSR count). The summed E-state index contributed by atoms with van der Waals surface area (Å²) in [5.41, 5.74) is 16.4. The van der Waals surface area contributed by atoms with E-state index >= 15 is 0 Å². The topological polar surface area (TPSA) is 112 Å². The van der Waals surface area contributed by atoms with Crippen LogP contribution in [0.5, 0.6) is 5.75 Å². The van der Waals surface area contributed by atoms with E-state index in [0.29, 0.717) is 11.4 Å². The third-order valence-electron chi connectivity index (χ3n) is 1.54. The average molecular weight is 243 g/mol. The van der Waals surface area contributed by atoms with Crippen molar-refractivity contribution in [3.63, 3.8) is 0 Å². The molecule has 0 aliphatic heterocycles. The molecule has 0 aliphatic carbocycles. The van der Waals surface area contributed by atoms with E-state index in [4.69, 9.17) is 21.9 Å². The zero-order valence-corrected chi connectivity index (χ0v) is 9.48. The standard InChI is InChI=1S/C9H13N5O.ClH/c1-15-7-4-2-3-6(5-7)13-9(12)14-8(10)11;/h2-5H,1H3,(H6,10,11,12,13,14);1H/p-1. The molecular formula is C9H13ClN5O-. The molecule has 0 heterocycles. The van der Waals surface area contributed by atoms with Gasteiger partial charge in [0.2, 0.25) is 5.96 Å². The lowest BCUT2D eigenvalue weighted by Crippen LogP contribution is -3.00. The van der Waals surface area contributed by atoms with Gasteiger partial charge in [-0.3, -0.25) is 0 Å². The summed E-state index contributed by atoms with van der Waals surface area (Å²) in [6, 6.07) is 7.07. The minimum absolute atomic E-state index is 0. The lowest BCUT2D eigenvalue weighted by Gasteiger charge is -2.00. The maximum Gasteiger partial charge on any atom is 0.223 e. The van der Waals surface area contributed by atoms with Gasteiger partial charge in [-0.05, 0) is 12.1 Å². The number of halogens is 1. The molecule has 1 aromatic rings. The van der Waals surface area contributed by atoms with Crippen molar-refractivity contribution < 1.29 is 17.1 Å². The largest absolute Gasteiger partial charge is 1.00 e. The first-order valence-corrected chi connectivity index (χ1v) is 4.19. The highest BCUT2D eigenvalue weighted by molar-refractivity contribution is 5.93. The molecular weight excluding hydrogens is 230 g/mol. The SMILES string of the molecule is COc1cccc(N=C(N)N=C(N)N)c1.[Cl-]. The molecule has 1 aromatic carbocycles. The number of aliphatic imine (C=N–C) groups is 2. The summed E-state index contributed by atoms with van der Waals surface area (Å²) in [6.45, 7) is 0. The molecule has 0 aliphatic rings. The monoisotopic (exact) mass is 242 g/mol. The van der Waals surface area contributed by atoms with E-state index in [2.05, 4.69) is 9.98 Å². The summed E-state index contributed by atoms with van der Waals surface area (Å²) >= 11 is 0. The van der Waals surface area contributed by atoms with Crippen LogP contribution in [0.3, 0.4) is 0 Å². The van der Waals surface area contributed by atoms with Crippen molar-refractivity contribution in [3.05, 3.63) is 24.3 Å². The van der Waals surface area contributed by atoms with E-state index in [9.17, 15) is 0 Å². The molecule has 88 valence electrons. The van der Waals surface area contributed by atoms with Gasteiger partial charge in [0.15, 0.2) is 5.96 Å². The fourth-order valence-corrected chi connectivity index (χ4v) is 0.970. The van der Waals surface area contributed by atoms with Crippen LogP contribution in [0.2, 0.25) is 0 Å². The average Bonchev–Trinajstić information content (AvgIpc) is 2.16. The van der Waals surface area contributed by atoms with E-state index in [1.165, 1.54) is 0 Å². The second kappa shape index (κ2) is 6.52. The van der Waals surface area contributed by atoms with Gasteiger partial charge in [0, 0.05) is 6.07 Å². The zero-order chi connectivity index (χ0) is 11.3. The molecule has 0 bridgehead atoms. The van der Waals surface area contributed by atoms with Crippen LogP contribution in [-0.4, -0.2) is 19.0 Å². The highest BCUT2D eigenvalue weighted by Crippen LogP contribution is 2.19. The Bertz CT molecular complexity index is 401. The minimum Gasteiger partial charge on any atom is -1.00 e. The Morgan fingerprint density at radius 1 is 1.25 bits per heavy atom. The number of guanidine groups is 2. The Balaban J connectivity index is 0.00000225. The van der Waals surface area contributed by atoms with Crippen molar-refractivity contribution >= 4 is 17.6 Å². The maximum absolute atomic E-state index is 5.46. The molecule has 0 spiro atoms. The molecule has 7 heteroatoms. The van der Waals surface area contributed by atoms with Crippen LogP contribution in [0, 0.1) is 0 Å². The molecule has 6 nitrogen and oxygen atoms in total. The molecule has 0 aromatic heterocycles.